The summed E-state index contributed by atoms with van der Waals surface area (Å²) < 4.78 is 10.2. The number of nitrogens with one attached hydrogen (secondary N) is 2. The van der Waals surface area contributed by atoms with Crippen molar-refractivity contribution in [2.24, 2.45) is 5.92 Å². The number of carbonyl (C=O) groups excluding carboxylic acids is 2. The van der Waals surface area contributed by atoms with Gasteiger partial charge in [0.25, 0.3) is 0 Å². The van der Waals surface area contributed by atoms with Crippen LogP contribution >= 0.6 is 0 Å². The molecule has 1 aliphatic heterocycles. The lowest BCUT2D eigenvalue weighted by molar-refractivity contribution is -0.130. The summed E-state index contributed by atoms with van der Waals surface area (Å²) in [5.41, 5.74) is 0. The smallest absolute Gasteiger partial charge is 0.407 e. The molecule has 0 radical (unpaired) electrons. The van der Waals surface area contributed by atoms with Gasteiger partial charge in [0, 0.05) is 19.2 Å². The van der Waals surface area contributed by atoms with Crippen molar-refractivity contribution >= 4 is 12.0 Å². The van der Waals surface area contributed by atoms with Gasteiger partial charge in [-0.15, -0.1) is 0 Å². The maximum Gasteiger partial charge on any atom is 0.407 e. The maximum absolute atomic E-state index is 11.9. The van der Waals surface area contributed by atoms with Crippen molar-refractivity contribution in [3.8, 4) is 0 Å². The van der Waals surface area contributed by atoms with Crippen LogP contribution in [0.3, 0.4) is 0 Å². The molecule has 2 N–H and O–H groups in total. The summed E-state index contributed by atoms with van der Waals surface area (Å²) in [5.74, 6) is 0.323. The molecule has 1 saturated heterocycles. The maximum atomic E-state index is 11.9. The molecule has 116 valence electrons. The molecular weight excluding hydrogens is 260 g/mol. The highest BCUT2D eigenvalue weighted by molar-refractivity contribution is 5.81. The highest BCUT2D eigenvalue weighted by atomic mass is 16.5. The molecule has 1 fully saturated rings. The standard InChI is InChI=1S/C14H26N2O4/c1-4-19-14(18)16-11(8-10(2)3)9-15-13(17)12-6-5-7-20-12/h10-12H,4-9H2,1-3H3,(H,15,17)(H,16,18)/t11-,12+/m1/s1. The van der Waals surface area contributed by atoms with E-state index in [1.807, 2.05) is 0 Å². The lowest BCUT2D eigenvalue weighted by Gasteiger charge is -2.21. The predicted octanol–water partition coefficient (Wildman–Crippen LogP) is 1.44. The monoisotopic (exact) mass is 286 g/mol. The van der Waals surface area contributed by atoms with Crippen molar-refractivity contribution < 1.29 is 19.1 Å². The second-order valence-electron chi connectivity index (χ2n) is 5.44. The lowest BCUT2D eigenvalue weighted by atomic mass is 10.0. The summed E-state index contributed by atoms with van der Waals surface area (Å²) in [6.45, 7) is 7.28. The van der Waals surface area contributed by atoms with E-state index in [1.165, 1.54) is 0 Å². The van der Waals surface area contributed by atoms with E-state index >= 15 is 0 Å². The van der Waals surface area contributed by atoms with Crippen LogP contribution in [-0.2, 0) is 14.3 Å². The summed E-state index contributed by atoms with van der Waals surface area (Å²) in [6.07, 6.45) is 1.70. The van der Waals surface area contributed by atoms with Gasteiger partial charge < -0.3 is 20.1 Å². The third-order valence-corrected chi connectivity index (χ3v) is 3.10. The van der Waals surface area contributed by atoms with Crippen LogP contribution in [0.2, 0.25) is 0 Å². The zero-order chi connectivity index (χ0) is 15.0. The van der Waals surface area contributed by atoms with Crippen molar-refractivity contribution in [2.45, 2.75) is 52.2 Å². The van der Waals surface area contributed by atoms with Gasteiger partial charge in [-0.2, -0.15) is 0 Å². The normalized spacial score (nSPS) is 19.7. The zero-order valence-corrected chi connectivity index (χ0v) is 12.6. The number of alkyl carbamates (subject to hydrolysis) is 1. The van der Waals surface area contributed by atoms with Crippen LogP contribution in [0.5, 0.6) is 0 Å². The van der Waals surface area contributed by atoms with Gasteiger partial charge in [-0.3, -0.25) is 4.79 Å². The molecule has 6 nitrogen and oxygen atoms in total. The Hall–Kier alpha value is -1.30. The first-order chi connectivity index (χ1) is 9.52. The average molecular weight is 286 g/mol. The fourth-order valence-corrected chi connectivity index (χ4v) is 2.22. The number of rotatable bonds is 7. The third kappa shape index (κ3) is 6.23. The van der Waals surface area contributed by atoms with E-state index in [-0.39, 0.29) is 18.1 Å². The topological polar surface area (TPSA) is 76.7 Å². The molecule has 20 heavy (non-hydrogen) atoms. The molecule has 0 spiro atoms. The van der Waals surface area contributed by atoms with Crippen LogP contribution in [0.1, 0.15) is 40.0 Å². The third-order valence-electron chi connectivity index (χ3n) is 3.10. The van der Waals surface area contributed by atoms with E-state index < -0.39 is 6.09 Å². The predicted molar refractivity (Wildman–Crippen MR) is 75.4 cm³/mol. The molecule has 6 heteroatoms. The largest absolute Gasteiger partial charge is 0.450 e. The Bertz CT molecular complexity index is 314. The van der Waals surface area contributed by atoms with E-state index in [0.29, 0.717) is 25.7 Å². The van der Waals surface area contributed by atoms with Crippen LogP contribution in [0.4, 0.5) is 4.79 Å². The molecule has 0 aliphatic carbocycles. The summed E-state index contributed by atoms with van der Waals surface area (Å²) in [6, 6.07) is -0.126. The van der Waals surface area contributed by atoms with Gasteiger partial charge in [-0.1, -0.05) is 13.8 Å². The molecule has 1 aliphatic rings. The second-order valence-corrected chi connectivity index (χ2v) is 5.44. The lowest BCUT2D eigenvalue weighted by Crippen LogP contribution is -2.46. The zero-order valence-electron chi connectivity index (χ0n) is 12.6. The van der Waals surface area contributed by atoms with Crippen molar-refractivity contribution in [3.63, 3.8) is 0 Å². The molecule has 0 unspecified atom stereocenters. The van der Waals surface area contributed by atoms with Crippen LogP contribution in [0.25, 0.3) is 0 Å². The van der Waals surface area contributed by atoms with Gasteiger partial charge in [-0.25, -0.2) is 4.79 Å². The SMILES string of the molecule is CCOC(=O)N[C@@H](CNC(=O)[C@@H]1CCCO1)CC(C)C. The molecule has 1 heterocycles. The van der Waals surface area contributed by atoms with Crippen LogP contribution in [0.15, 0.2) is 0 Å². The molecule has 2 amide bonds. The minimum atomic E-state index is -0.440. The Morgan fingerprint density at radius 2 is 2.15 bits per heavy atom. The molecule has 2 atom stereocenters. The van der Waals surface area contributed by atoms with E-state index in [9.17, 15) is 9.59 Å². The van der Waals surface area contributed by atoms with E-state index in [0.717, 1.165) is 19.3 Å². The molecule has 0 bridgehead atoms. The Morgan fingerprint density at radius 3 is 2.70 bits per heavy atom. The average Bonchev–Trinajstić information content (AvgIpc) is 2.89. The van der Waals surface area contributed by atoms with E-state index in [1.54, 1.807) is 6.92 Å². The van der Waals surface area contributed by atoms with Gasteiger partial charge in [0.15, 0.2) is 0 Å². The fourth-order valence-electron chi connectivity index (χ4n) is 2.22. The summed E-state index contributed by atoms with van der Waals surface area (Å²) in [5, 5.41) is 5.62. The molecule has 1 rings (SSSR count). The first-order valence-electron chi connectivity index (χ1n) is 7.35. The van der Waals surface area contributed by atoms with Crippen molar-refractivity contribution in [3.05, 3.63) is 0 Å². The highest BCUT2D eigenvalue weighted by Crippen LogP contribution is 2.12. The minimum absolute atomic E-state index is 0.0954. The van der Waals surface area contributed by atoms with Crippen molar-refractivity contribution in [1.82, 2.24) is 10.6 Å². The Labute approximate surface area is 120 Å². The van der Waals surface area contributed by atoms with E-state index in [2.05, 4.69) is 24.5 Å². The highest BCUT2D eigenvalue weighted by Gasteiger charge is 2.24. The summed E-state index contributed by atoms with van der Waals surface area (Å²) >= 11 is 0. The molecular formula is C14H26N2O4. The first-order valence-corrected chi connectivity index (χ1v) is 7.35. The van der Waals surface area contributed by atoms with Gasteiger partial charge in [0.2, 0.25) is 5.91 Å². The number of hydrogen-bond donors (Lipinski definition) is 2. The van der Waals surface area contributed by atoms with Gasteiger partial charge >= 0.3 is 6.09 Å². The molecule has 0 saturated carbocycles. The summed E-state index contributed by atoms with van der Waals surface area (Å²) in [4.78, 5) is 23.3. The van der Waals surface area contributed by atoms with Crippen LogP contribution < -0.4 is 10.6 Å². The number of hydrogen-bond acceptors (Lipinski definition) is 4. The molecule has 0 aromatic rings. The number of carbonyl (C=O) groups is 2. The second kappa shape index (κ2) is 8.79. The van der Waals surface area contributed by atoms with E-state index in [4.69, 9.17) is 9.47 Å². The number of ether oxygens (including phenoxy) is 2. The molecule has 0 aromatic heterocycles. The Kier molecular flexibility index (Phi) is 7.36. The number of amides is 2. The molecule has 0 aromatic carbocycles. The van der Waals surface area contributed by atoms with Crippen LogP contribution in [-0.4, -0.2) is 43.9 Å². The summed E-state index contributed by atoms with van der Waals surface area (Å²) in [7, 11) is 0. The Morgan fingerprint density at radius 1 is 1.40 bits per heavy atom. The van der Waals surface area contributed by atoms with Gasteiger partial charge in [-0.05, 0) is 32.1 Å². The first kappa shape index (κ1) is 16.8. The van der Waals surface area contributed by atoms with Gasteiger partial charge in [0.05, 0.1) is 6.61 Å². The van der Waals surface area contributed by atoms with Crippen LogP contribution in [0, 0.1) is 5.92 Å². The quantitative estimate of drug-likeness (QED) is 0.742. The van der Waals surface area contributed by atoms with Crippen molar-refractivity contribution in [1.29, 1.82) is 0 Å². The fraction of sp³-hybridized carbons (Fsp3) is 0.857. The Balaban J connectivity index is 2.38. The van der Waals surface area contributed by atoms with Gasteiger partial charge in [0.1, 0.15) is 6.10 Å². The minimum Gasteiger partial charge on any atom is -0.450 e. The van der Waals surface area contributed by atoms with Crippen molar-refractivity contribution in [2.75, 3.05) is 19.8 Å².